The van der Waals surface area contributed by atoms with E-state index in [9.17, 15) is 9.90 Å². The summed E-state index contributed by atoms with van der Waals surface area (Å²) >= 11 is 0. The molecule has 0 aliphatic carbocycles. The van der Waals surface area contributed by atoms with E-state index in [0.717, 1.165) is 12.1 Å². The number of ketones is 1. The van der Waals surface area contributed by atoms with Crippen LogP contribution >= 0.6 is 0 Å². The van der Waals surface area contributed by atoms with Gasteiger partial charge >= 0.3 is 0 Å². The molecule has 0 aliphatic rings. The van der Waals surface area contributed by atoms with E-state index < -0.39 is 12.2 Å². The maximum Gasteiger partial charge on any atom is 0.191 e. The topological polar surface area (TPSA) is 58.6 Å². The van der Waals surface area contributed by atoms with E-state index in [1.165, 1.54) is 0 Å². The first-order valence-electron chi connectivity index (χ1n) is 8.34. The predicted molar refractivity (Wildman–Crippen MR) is 95.2 cm³/mol. The summed E-state index contributed by atoms with van der Waals surface area (Å²) in [5.41, 5.74) is 1.66. The molecule has 4 nitrogen and oxygen atoms in total. The molecule has 4 heteroatoms. The van der Waals surface area contributed by atoms with Crippen LogP contribution in [0.2, 0.25) is 0 Å². The summed E-state index contributed by atoms with van der Waals surface area (Å²) in [5, 5.41) is 13.0. The molecule has 128 valence electrons. The molecule has 0 heterocycles. The second-order valence-corrected chi connectivity index (χ2v) is 5.70. The number of aliphatic hydroxyl groups is 1. The van der Waals surface area contributed by atoms with Crippen LogP contribution < -0.4 is 5.32 Å². The largest absolute Gasteiger partial charge is 0.389 e. The zero-order valence-corrected chi connectivity index (χ0v) is 14.0. The van der Waals surface area contributed by atoms with E-state index >= 15 is 0 Å². The van der Waals surface area contributed by atoms with Crippen molar-refractivity contribution in [1.29, 1.82) is 0 Å². The zero-order valence-electron chi connectivity index (χ0n) is 14.0. The minimum absolute atomic E-state index is 0.0601. The summed E-state index contributed by atoms with van der Waals surface area (Å²) in [6, 6.07) is 18.9. The molecule has 0 fully saturated rings. The monoisotopic (exact) mass is 327 g/mol. The van der Waals surface area contributed by atoms with Gasteiger partial charge in [0.2, 0.25) is 0 Å². The van der Waals surface area contributed by atoms with Gasteiger partial charge in [0.1, 0.15) is 6.10 Å². The number of aliphatic hydroxyl groups excluding tert-OH is 1. The summed E-state index contributed by atoms with van der Waals surface area (Å²) in [6.07, 6.45) is -0.749. The number of hydrogen-bond donors (Lipinski definition) is 2. The number of rotatable bonds is 10. The van der Waals surface area contributed by atoms with Crippen molar-refractivity contribution in [2.24, 2.45) is 0 Å². The minimum Gasteiger partial charge on any atom is -0.389 e. The summed E-state index contributed by atoms with van der Waals surface area (Å²) in [4.78, 5) is 12.8. The predicted octanol–water partition coefficient (Wildman–Crippen LogP) is 2.47. The van der Waals surface area contributed by atoms with Gasteiger partial charge in [-0.1, -0.05) is 67.6 Å². The van der Waals surface area contributed by atoms with Gasteiger partial charge < -0.3 is 15.2 Å². The molecule has 2 aromatic rings. The Morgan fingerprint density at radius 1 is 1.08 bits per heavy atom. The summed E-state index contributed by atoms with van der Waals surface area (Å²) < 4.78 is 5.78. The van der Waals surface area contributed by atoms with Crippen LogP contribution in [0.5, 0.6) is 0 Å². The van der Waals surface area contributed by atoms with Gasteiger partial charge in [0, 0.05) is 18.5 Å². The van der Waals surface area contributed by atoms with Crippen molar-refractivity contribution >= 4 is 5.78 Å². The SMILES string of the molecule is CCNCC(O)COC(Cc1ccccc1)C(=O)c1ccccc1. The Morgan fingerprint density at radius 2 is 1.71 bits per heavy atom. The van der Waals surface area contributed by atoms with Crippen molar-refractivity contribution in [3.8, 4) is 0 Å². The van der Waals surface area contributed by atoms with Crippen LogP contribution in [0.25, 0.3) is 0 Å². The molecule has 2 rings (SSSR count). The van der Waals surface area contributed by atoms with Gasteiger partial charge in [0.25, 0.3) is 0 Å². The molecule has 0 aromatic heterocycles. The van der Waals surface area contributed by atoms with E-state index in [-0.39, 0.29) is 12.4 Å². The highest BCUT2D eigenvalue weighted by Gasteiger charge is 2.22. The highest BCUT2D eigenvalue weighted by molar-refractivity contribution is 5.99. The third-order valence-corrected chi connectivity index (χ3v) is 3.73. The van der Waals surface area contributed by atoms with E-state index in [0.29, 0.717) is 18.5 Å². The molecule has 0 radical (unpaired) electrons. The maximum atomic E-state index is 12.8. The van der Waals surface area contributed by atoms with E-state index in [1.807, 2.05) is 55.5 Å². The lowest BCUT2D eigenvalue weighted by Crippen LogP contribution is -2.35. The van der Waals surface area contributed by atoms with Crippen molar-refractivity contribution in [2.45, 2.75) is 25.6 Å². The van der Waals surface area contributed by atoms with Crippen molar-refractivity contribution in [1.82, 2.24) is 5.32 Å². The highest BCUT2D eigenvalue weighted by Crippen LogP contribution is 2.13. The second kappa shape index (κ2) is 9.98. The number of carbonyl (C=O) groups is 1. The lowest BCUT2D eigenvalue weighted by molar-refractivity contribution is -0.00154. The highest BCUT2D eigenvalue weighted by atomic mass is 16.5. The molecular weight excluding hydrogens is 302 g/mol. The van der Waals surface area contributed by atoms with Crippen LogP contribution in [-0.2, 0) is 11.2 Å². The molecule has 2 N–H and O–H groups in total. The molecule has 0 spiro atoms. The van der Waals surface area contributed by atoms with Gasteiger partial charge in [0.15, 0.2) is 5.78 Å². The number of likely N-dealkylation sites (N-methyl/N-ethyl adjacent to an activating group) is 1. The molecule has 24 heavy (non-hydrogen) atoms. The van der Waals surface area contributed by atoms with E-state index in [4.69, 9.17) is 4.74 Å². The Balaban J connectivity index is 2.05. The van der Waals surface area contributed by atoms with Crippen LogP contribution in [0, 0.1) is 0 Å². The molecule has 0 bridgehead atoms. The number of Topliss-reactive ketones (excluding diaryl/α,β-unsaturated/α-hetero) is 1. The Bertz CT molecular complexity index is 601. The Morgan fingerprint density at radius 3 is 2.33 bits per heavy atom. The number of benzene rings is 2. The van der Waals surface area contributed by atoms with E-state index in [2.05, 4.69) is 5.32 Å². The molecule has 2 unspecified atom stereocenters. The molecule has 2 atom stereocenters. The minimum atomic E-state index is -0.633. The summed E-state index contributed by atoms with van der Waals surface area (Å²) in [7, 11) is 0. The first kappa shape index (κ1) is 18.3. The Hall–Kier alpha value is -2.01. The first-order chi connectivity index (χ1) is 11.7. The normalized spacial score (nSPS) is 13.4. The third kappa shape index (κ3) is 5.89. The molecule has 0 saturated heterocycles. The maximum absolute atomic E-state index is 12.8. The van der Waals surface area contributed by atoms with Gasteiger partial charge in [-0.25, -0.2) is 0 Å². The van der Waals surface area contributed by atoms with Crippen LogP contribution in [0.3, 0.4) is 0 Å². The van der Waals surface area contributed by atoms with Crippen molar-refractivity contribution in [2.75, 3.05) is 19.7 Å². The quantitative estimate of drug-likeness (QED) is 0.658. The average Bonchev–Trinajstić information content (AvgIpc) is 2.64. The average molecular weight is 327 g/mol. The van der Waals surface area contributed by atoms with Gasteiger partial charge in [-0.2, -0.15) is 0 Å². The number of ether oxygens (including phenoxy) is 1. The fourth-order valence-corrected chi connectivity index (χ4v) is 2.44. The van der Waals surface area contributed by atoms with Gasteiger partial charge in [-0.3, -0.25) is 4.79 Å². The molecule has 0 aliphatic heterocycles. The van der Waals surface area contributed by atoms with Crippen LogP contribution in [0.15, 0.2) is 60.7 Å². The van der Waals surface area contributed by atoms with Crippen molar-refractivity contribution < 1.29 is 14.6 Å². The molecule has 2 aromatic carbocycles. The third-order valence-electron chi connectivity index (χ3n) is 3.73. The fourth-order valence-electron chi connectivity index (χ4n) is 2.44. The zero-order chi connectivity index (χ0) is 17.2. The Kier molecular flexibility index (Phi) is 7.62. The first-order valence-corrected chi connectivity index (χ1v) is 8.34. The molecular formula is C20H25NO3. The van der Waals surface area contributed by atoms with Crippen LogP contribution in [-0.4, -0.2) is 42.8 Å². The van der Waals surface area contributed by atoms with Gasteiger partial charge in [0.05, 0.1) is 12.7 Å². The summed E-state index contributed by atoms with van der Waals surface area (Å²) in [6.45, 7) is 3.34. The lowest BCUT2D eigenvalue weighted by atomic mass is 10.00. The Labute approximate surface area is 143 Å². The van der Waals surface area contributed by atoms with Crippen molar-refractivity contribution in [3.05, 3.63) is 71.8 Å². The fraction of sp³-hybridized carbons (Fsp3) is 0.350. The van der Waals surface area contributed by atoms with E-state index in [1.54, 1.807) is 12.1 Å². The van der Waals surface area contributed by atoms with Gasteiger partial charge in [-0.15, -0.1) is 0 Å². The van der Waals surface area contributed by atoms with Crippen LogP contribution in [0.1, 0.15) is 22.8 Å². The molecule has 0 amide bonds. The molecule has 0 saturated carbocycles. The standard InChI is InChI=1S/C20H25NO3/c1-2-21-14-18(22)15-24-19(13-16-9-5-3-6-10-16)20(23)17-11-7-4-8-12-17/h3-12,18-19,21-22H,2,13-15H2,1H3. The van der Waals surface area contributed by atoms with Gasteiger partial charge in [-0.05, 0) is 12.1 Å². The number of carbonyl (C=O) groups excluding carboxylic acids is 1. The lowest BCUT2D eigenvalue weighted by Gasteiger charge is -2.19. The van der Waals surface area contributed by atoms with Crippen LogP contribution in [0.4, 0.5) is 0 Å². The number of nitrogens with one attached hydrogen (secondary N) is 1. The summed E-state index contributed by atoms with van der Waals surface area (Å²) in [5.74, 6) is -0.0601. The van der Waals surface area contributed by atoms with Crippen molar-refractivity contribution in [3.63, 3.8) is 0 Å². The number of hydrogen-bond acceptors (Lipinski definition) is 4. The second-order valence-electron chi connectivity index (χ2n) is 5.70. The smallest absolute Gasteiger partial charge is 0.191 e.